The Morgan fingerprint density at radius 1 is 0.958 bits per heavy atom. The van der Waals surface area contributed by atoms with Crippen LogP contribution in [0.1, 0.15) is 87.0 Å². The third kappa shape index (κ3) is 2.60. The van der Waals surface area contributed by atoms with Gasteiger partial charge in [-0.05, 0) is 84.4 Å². The second kappa shape index (κ2) is 6.29. The highest BCUT2D eigenvalue weighted by Gasteiger charge is 2.59. The van der Waals surface area contributed by atoms with Gasteiger partial charge in [-0.15, -0.1) is 0 Å². The molecule has 140 valence electrons. The highest BCUT2D eigenvalue weighted by Crippen LogP contribution is 2.64. The van der Waals surface area contributed by atoms with E-state index in [1.165, 1.54) is 32.1 Å². The third-order valence-corrected chi connectivity index (χ3v) is 9.81. The fourth-order valence-corrected chi connectivity index (χ4v) is 7.39. The van der Waals surface area contributed by atoms with Crippen molar-refractivity contribution in [1.29, 1.82) is 0 Å². The van der Waals surface area contributed by atoms with Crippen LogP contribution in [0.4, 0.5) is 0 Å². The van der Waals surface area contributed by atoms with E-state index in [4.69, 9.17) is 0 Å². The van der Waals surface area contributed by atoms with Crippen molar-refractivity contribution in [1.82, 2.24) is 0 Å². The Hall–Kier alpha value is -0.0400. The Morgan fingerprint density at radius 2 is 1.62 bits per heavy atom. The lowest BCUT2D eigenvalue weighted by molar-refractivity contribution is -0.181. The van der Waals surface area contributed by atoms with Crippen LogP contribution >= 0.6 is 0 Å². The van der Waals surface area contributed by atoms with Crippen molar-refractivity contribution in [2.75, 3.05) is 0 Å². The Morgan fingerprint density at radius 3 is 2.25 bits per heavy atom. The zero-order valence-corrected chi connectivity index (χ0v) is 17.3. The molecule has 8 unspecified atom stereocenters. The lowest BCUT2D eigenvalue weighted by Gasteiger charge is -2.63. The van der Waals surface area contributed by atoms with E-state index in [0.29, 0.717) is 23.2 Å². The molecule has 0 aliphatic heterocycles. The molecule has 0 bridgehead atoms. The zero-order chi connectivity index (χ0) is 17.9. The summed E-state index contributed by atoms with van der Waals surface area (Å²) in [4.78, 5) is 0. The molecular formula is C23H42O. The number of aliphatic hydroxyl groups excluding tert-OH is 1. The maximum Gasteiger partial charge on any atom is 0.0602 e. The van der Waals surface area contributed by atoms with Crippen molar-refractivity contribution < 1.29 is 5.11 Å². The van der Waals surface area contributed by atoms with Crippen LogP contribution in [0, 0.1) is 52.3 Å². The molecule has 0 amide bonds. The molecule has 3 rings (SSSR count). The lowest BCUT2D eigenvalue weighted by atomic mass is 9.42. The summed E-state index contributed by atoms with van der Waals surface area (Å²) in [6.45, 7) is 17.0. The average Bonchev–Trinajstić information content (AvgIpc) is 2.53. The van der Waals surface area contributed by atoms with Gasteiger partial charge in [0, 0.05) is 0 Å². The van der Waals surface area contributed by atoms with Gasteiger partial charge in [0.25, 0.3) is 0 Å². The van der Waals surface area contributed by atoms with Gasteiger partial charge in [0.2, 0.25) is 0 Å². The molecule has 3 aliphatic rings. The summed E-state index contributed by atoms with van der Waals surface area (Å²) < 4.78 is 0. The van der Waals surface area contributed by atoms with Crippen molar-refractivity contribution in [3.8, 4) is 0 Å². The molecule has 0 radical (unpaired) electrons. The zero-order valence-electron chi connectivity index (χ0n) is 17.3. The summed E-state index contributed by atoms with van der Waals surface area (Å²) >= 11 is 0. The Bertz CT molecular complexity index is 457. The van der Waals surface area contributed by atoms with Gasteiger partial charge in [-0.2, -0.15) is 0 Å². The molecule has 0 spiro atoms. The van der Waals surface area contributed by atoms with Gasteiger partial charge < -0.3 is 5.11 Å². The van der Waals surface area contributed by atoms with Gasteiger partial charge in [-0.1, -0.05) is 54.9 Å². The van der Waals surface area contributed by atoms with E-state index >= 15 is 0 Å². The Kier molecular flexibility index (Phi) is 4.91. The van der Waals surface area contributed by atoms with Crippen LogP contribution < -0.4 is 0 Å². The second-order valence-electron chi connectivity index (χ2n) is 10.9. The van der Waals surface area contributed by atoms with Crippen molar-refractivity contribution in [3.05, 3.63) is 0 Å². The first-order valence-corrected chi connectivity index (χ1v) is 10.8. The van der Waals surface area contributed by atoms with Crippen LogP contribution in [-0.4, -0.2) is 11.2 Å². The van der Waals surface area contributed by atoms with E-state index in [1.54, 1.807) is 0 Å². The predicted molar refractivity (Wildman–Crippen MR) is 103 cm³/mol. The molecule has 9 atom stereocenters. The normalized spacial score (nSPS) is 53.4. The molecule has 24 heavy (non-hydrogen) atoms. The number of rotatable bonds is 2. The highest BCUT2D eigenvalue weighted by atomic mass is 16.3. The first-order valence-electron chi connectivity index (χ1n) is 10.8. The van der Waals surface area contributed by atoms with E-state index in [0.717, 1.165) is 30.1 Å². The molecular weight excluding hydrogens is 292 g/mol. The summed E-state index contributed by atoms with van der Waals surface area (Å²) in [6, 6.07) is 0. The quantitative estimate of drug-likeness (QED) is 0.641. The molecule has 0 aromatic carbocycles. The van der Waals surface area contributed by atoms with Gasteiger partial charge in [-0.3, -0.25) is 0 Å². The molecule has 0 saturated heterocycles. The number of hydrogen-bond acceptors (Lipinski definition) is 1. The number of aliphatic hydroxyl groups is 1. The smallest absolute Gasteiger partial charge is 0.0602 e. The van der Waals surface area contributed by atoms with Gasteiger partial charge in [-0.25, -0.2) is 0 Å². The summed E-state index contributed by atoms with van der Waals surface area (Å²) in [5, 5.41) is 11.3. The van der Waals surface area contributed by atoms with Gasteiger partial charge in [0.15, 0.2) is 0 Å². The van der Waals surface area contributed by atoms with Gasteiger partial charge in [0.1, 0.15) is 0 Å². The highest BCUT2D eigenvalue weighted by molar-refractivity contribution is 5.08. The van der Waals surface area contributed by atoms with Crippen molar-refractivity contribution in [2.45, 2.75) is 93.1 Å². The number of hydrogen-bond donors (Lipinski definition) is 1. The standard InChI is InChI=1S/C23H42O/c1-14(2)16(4)23(7)17(5)19-9-8-18-12-15(3)10-11-22(18,6)20(19)13-21(23)24/h14-21,24H,8-13H2,1-7H3/t15?,16?,17?,18?,19?,20?,21?,22?,23-/m1/s1. The maximum atomic E-state index is 11.3. The van der Waals surface area contributed by atoms with Crippen molar-refractivity contribution in [2.24, 2.45) is 52.3 Å². The lowest BCUT2D eigenvalue weighted by Crippen LogP contribution is -2.59. The predicted octanol–water partition coefficient (Wildman–Crippen LogP) is 6.15. The van der Waals surface area contributed by atoms with Gasteiger partial charge in [0.05, 0.1) is 6.10 Å². The van der Waals surface area contributed by atoms with Crippen LogP contribution in [0.3, 0.4) is 0 Å². The summed E-state index contributed by atoms with van der Waals surface area (Å²) in [5.41, 5.74) is 0.577. The Labute approximate surface area is 151 Å². The molecule has 0 aromatic heterocycles. The maximum absolute atomic E-state index is 11.3. The molecule has 0 aromatic rings. The van der Waals surface area contributed by atoms with Gasteiger partial charge >= 0.3 is 0 Å². The average molecular weight is 335 g/mol. The molecule has 1 N–H and O–H groups in total. The van der Waals surface area contributed by atoms with E-state index in [9.17, 15) is 5.11 Å². The fraction of sp³-hybridized carbons (Fsp3) is 1.00. The molecule has 1 heteroatoms. The van der Waals surface area contributed by atoms with Crippen molar-refractivity contribution in [3.63, 3.8) is 0 Å². The van der Waals surface area contributed by atoms with E-state index in [1.807, 2.05) is 0 Å². The van der Waals surface area contributed by atoms with Crippen LogP contribution in [0.2, 0.25) is 0 Å². The third-order valence-electron chi connectivity index (χ3n) is 9.81. The van der Waals surface area contributed by atoms with Crippen LogP contribution in [0.5, 0.6) is 0 Å². The van der Waals surface area contributed by atoms with Crippen LogP contribution in [-0.2, 0) is 0 Å². The second-order valence-corrected chi connectivity index (χ2v) is 10.9. The summed E-state index contributed by atoms with van der Waals surface area (Å²) in [5.74, 6) is 5.27. The topological polar surface area (TPSA) is 20.2 Å². The monoisotopic (exact) mass is 334 g/mol. The van der Waals surface area contributed by atoms with Crippen LogP contribution in [0.25, 0.3) is 0 Å². The minimum atomic E-state index is -0.124. The first-order chi connectivity index (χ1) is 11.1. The molecule has 3 aliphatic carbocycles. The SMILES string of the molecule is CC1CCC2(C)C(CCC3C2CC(O)[C@](C)(C(C)C(C)C)C3C)C1. The van der Waals surface area contributed by atoms with E-state index in [-0.39, 0.29) is 11.5 Å². The van der Waals surface area contributed by atoms with E-state index < -0.39 is 0 Å². The minimum Gasteiger partial charge on any atom is -0.393 e. The molecule has 3 saturated carbocycles. The number of fused-ring (bicyclic) bond motifs is 3. The van der Waals surface area contributed by atoms with E-state index in [2.05, 4.69) is 48.5 Å². The molecule has 3 fully saturated rings. The summed E-state index contributed by atoms with van der Waals surface area (Å²) in [7, 11) is 0. The largest absolute Gasteiger partial charge is 0.393 e. The van der Waals surface area contributed by atoms with Crippen LogP contribution in [0.15, 0.2) is 0 Å². The molecule has 1 nitrogen and oxygen atoms in total. The summed E-state index contributed by atoms with van der Waals surface area (Å²) in [6.07, 6.45) is 8.02. The van der Waals surface area contributed by atoms with Crippen molar-refractivity contribution >= 4 is 0 Å². The Balaban J connectivity index is 1.89. The minimum absolute atomic E-state index is 0.0838. The first kappa shape index (κ1) is 18.7. The fourth-order valence-electron chi connectivity index (χ4n) is 7.39. The molecule has 0 heterocycles.